The van der Waals surface area contributed by atoms with Crippen LogP contribution in [-0.2, 0) is 16.0 Å². The third-order valence-electron chi connectivity index (χ3n) is 2.70. The molecule has 21 heavy (non-hydrogen) atoms. The Morgan fingerprint density at radius 1 is 1.19 bits per heavy atom. The topological polar surface area (TPSA) is 63.6 Å². The van der Waals surface area contributed by atoms with Crippen LogP contribution < -0.4 is 5.43 Å². The molecule has 0 atom stereocenters. The van der Waals surface area contributed by atoms with Gasteiger partial charge in [0.1, 0.15) is 11.5 Å². The largest absolute Gasteiger partial charge is 0.461 e. The van der Waals surface area contributed by atoms with Crippen molar-refractivity contribution in [2.45, 2.75) is 13.3 Å². The molecule has 2 aromatic rings. The Hall–Kier alpha value is -2.69. The van der Waals surface area contributed by atoms with Gasteiger partial charge in [0.15, 0.2) is 0 Å². The van der Waals surface area contributed by atoms with Crippen molar-refractivity contribution in [3.8, 4) is 0 Å². The molecule has 1 aromatic heterocycles. The van der Waals surface area contributed by atoms with Gasteiger partial charge in [-0.1, -0.05) is 36.4 Å². The molecule has 108 valence electrons. The van der Waals surface area contributed by atoms with E-state index in [1.807, 2.05) is 42.5 Å². The molecule has 0 amide bonds. The van der Waals surface area contributed by atoms with Gasteiger partial charge in [0.2, 0.25) is 0 Å². The Balaban J connectivity index is 2.13. The number of rotatable bonds is 6. The number of hydrogen-bond acceptors (Lipinski definition) is 5. The number of hydrazone groups is 1. The third kappa shape index (κ3) is 4.72. The van der Waals surface area contributed by atoms with Crippen molar-refractivity contribution in [2.24, 2.45) is 5.10 Å². The van der Waals surface area contributed by atoms with Crippen molar-refractivity contribution in [3.05, 3.63) is 60.3 Å². The highest BCUT2D eigenvalue weighted by Gasteiger charge is 2.13. The molecule has 1 aromatic carbocycles. The summed E-state index contributed by atoms with van der Waals surface area (Å²) in [6.45, 7) is 2.08. The standard InChI is InChI=1S/C16H17N3O2/c1-2-21-16(20)14(12-13-8-4-3-5-9-13)18-19-15-10-6-7-11-17-15/h3-11H,2,12H2,1H3,(H,17,19)/b18-14-. The summed E-state index contributed by atoms with van der Waals surface area (Å²) in [5.74, 6) is 0.150. The average molecular weight is 283 g/mol. The fraction of sp³-hybridized carbons (Fsp3) is 0.188. The number of ether oxygens (including phenoxy) is 1. The molecule has 5 heteroatoms. The van der Waals surface area contributed by atoms with Crippen LogP contribution in [0.15, 0.2) is 59.8 Å². The van der Waals surface area contributed by atoms with Gasteiger partial charge in [0, 0.05) is 12.6 Å². The molecule has 0 bridgehead atoms. The number of hydrogen-bond donors (Lipinski definition) is 1. The lowest BCUT2D eigenvalue weighted by Crippen LogP contribution is -2.21. The molecular formula is C16H17N3O2. The number of aromatic nitrogens is 1. The first-order valence-corrected chi connectivity index (χ1v) is 6.74. The zero-order valence-electron chi connectivity index (χ0n) is 11.8. The van der Waals surface area contributed by atoms with Crippen LogP contribution in [0.5, 0.6) is 0 Å². The lowest BCUT2D eigenvalue weighted by Gasteiger charge is -2.07. The third-order valence-corrected chi connectivity index (χ3v) is 2.70. The molecule has 1 N–H and O–H groups in total. The van der Waals surface area contributed by atoms with Crippen LogP contribution in [-0.4, -0.2) is 23.3 Å². The van der Waals surface area contributed by atoms with Crippen molar-refractivity contribution in [1.29, 1.82) is 0 Å². The second kappa shape index (κ2) is 7.79. The van der Waals surface area contributed by atoms with Crippen LogP contribution >= 0.6 is 0 Å². The quantitative estimate of drug-likeness (QED) is 0.503. The molecule has 0 unspecified atom stereocenters. The van der Waals surface area contributed by atoms with Gasteiger partial charge in [-0.15, -0.1) is 0 Å². The van der Waals surface area contributed by atoms with E-state index in [0.29, 0.717) is 24.6 Å². The first-order valence-electron chi connectivity index (χ1n) is 6.74. The number of anilines is 1. The number of nitrogens with zero attached hydrogens (tertiary/aromatic N) is 2. The van der Waals surface area contributed by atoms with Crippen LogP contribution in [0.2, 0.25) is 0 Å². The second-order valence-electron chi connectivity index (χ2n) is 4.27. The maximum absolute atomic E-state index is 12.0. The molecule has 1 heterocycles. The zero-order valence-corrected chi connectivity index (χ0v) is 11.8. The Labute approximate surface area is 123 Å². The van der Waals surface area contributed by atoms with Crippen LogP contribution in [0.25, 0.3) is 0 Å². The summed E-state index contributed by atoms with van der Waals surface area (Å²) in [6.07, 6.45) is 2.05. The minimum Gasteiger partial charge on any atom is -0.461 e. The van der Waals surface area contributed by atoms with E-state index in [9.17, 15) is 4.79 Å². The van der Waals surface area contributed by atoms with E-state index in [-0.39, 0.29) is 0 Å². The van der Waals surface area contributed by atoms with Gasteiger partial charge in [-0.05, 0) is 24.6 Å². The van der Waals surface area contributed by atoms with E-state index >= 15 is 0 Å². The number of carbonyl (C=O) groups excluding carboxylic acids is 1. The summed E-state index contributed by atoms with van der Waals surface area (Å²) < 4.78 is 5.03. The van der Waals surface area contributed by atoms with E-state index < -0.39 is 5.97 Å². The SMILES string of the molecule is CCOC(=O)/C(Cc1ccccc1)=N\Nc1ccccn1. The van der Waals surface area contributed by atoms with E-state index in [4.69, 9.17) is 4.74 Å². The van der Waals surface area contributed by atoms with Gasteiger partial charge < -0.3 is 4.74 Å². The summed E-state index contributed by atoms with van der Waals surface area (Å²) in [4.78, 5) is 16.0. The zero-order chi connectivity index (χ0) is 14.9. The fourth-order valence-electron chi connectivity index (χ4n) is 1.71. The molecule has 0 aliphatic rings. The molecule has 0 saturated heterocycles. The Morgan fingerprint density at radius 2 is 1.95 bits per heavy atom. The number of pyridine rings is 1. The first kappa shape index (κ1) is 14.7. The smallest absolute Gasteiger partial charge is 0.354 e. The molecular weight excluding hydrogens is 266 g/mol. The number of carbonyl (C=O) groups is 1. The lowest BCUT2D eigenvalue weighted by atomic mass is 10.1. The van der Waals surface area contributed by atoms with Crippen molar-refractivity contribution in [2.75, 3.05) is 12.0 Å². The molecule has 0 aliphatic carbocycles. The summed E-state index contributed by atoms with van der Waals surface area (Å²) in [5.41, 5.74) is 4.09. The monoisotopic (exact) mass is 283 g/mol. The van der Waals surface area contributed by atoms with E-state index in [2.05, 4.69) is 15.5 Å². The summed E-state index contributed by atoms with van der Waals surface area (Å²) >= 11 is 0. The number of benzene rings is 1. The predicted molar refractivity (Wildman–Crippen MR) is 82.1 cm³/mol. The van der Waals surface area contributed by atoms with E-state index in [0.717, 1.165) is 5.56 Å². The molecule has 0 fully saturated rings. The molecule has 0 aliphatic heterocycles. The van der Waals surface area contributed by atoms with Crippen LogP contribution in [0.1, 0.15) is 12.5 Å². The van der Waals surface area contributed by atoms with E-state index in [1.165, 1.54) is 0 Å². The van der Waals surface area contributed by atoms with Crippen LogP contribution in [0.3, 0.4) is 0 Å². The lowest BCUT2D eigenvalue weighted by molar-refractivity contribution is -0.135. The molecule has 0 radical (unpaired) electrons. The molecule has 2 rings (SSSR count). The van der Waals surface area contributed by atoms with Gasteiger partial charge in [-0.25, -0.2) is 9.78 Å². The maximum atomic E-state index is 12.0. The minimum absolute atomic E-state index is 0.314. The van der Waals surface area contributed by atoms with Gasteiger partial charge in [-0.2, -0.15) is 5.10 Å². The highest BCUT2D eigenvalue weighted by atomic mass is 16.5. The molecule has 0 saturated carbocycles. The summed E-state index contributed by atoms with van der Waals surface area (Å²) in [6, 6.07) is 15.1. The molecule has 5 nitrogen and oxygen atoms in total. The normalized spacial score (nSPS) is 11.0. The van der Waals surface area contributed by atoms with Crippen LogP contribution in [0, 0.1) is 0 Å². The minimum atomic E-state index is -0.426. The summed E-state index contributed by atoms with van der Waals surface area (Å²) in [5, 5.41) is 4.14. The van der Waals surface area contributed by atoms with Crippen LogP contribution in [0.4, 0.5) is 5.82 Å². The summed E-state index contributed by atoms with van der Waals surface area (Å²) in [7, 11) is 0. The van der Waals surface area contributed by atoms with Crippen molar-refractivity contribution >= 4 is 17.5 Å². The number of esters is 1. The second-order valence-corrected chi connectivity index (χ2v) is 4.27. The number of nitrogens with one attached hydrogen (secondary N) is 1. The van der Waals surface area contributed by atoms with Crippen molar-refractivity contribution in [1.82, 2.24) is 4.98 Å². The van der Waals surface area contributed by atoms with Gasteiger partial charge in [-0.3, -0.25) is 5.43 Å². The highest BCUT2D eigenvalue weighted by molar-refractivity contribution is 6.37. The van der Waals surface area contributed by atoms with Crippen molar-refractivity contribution < 1.29 is 9.53 Å². The van der Waals surface area contributed by atoms with Gasteiger partial charge in [0.05, 0.1) is 6.61 Å². The Morgan fingerprint density at radius 3 is 2.62 bits per heavy atom. The highest BCUT2D eigenvalue weighted by Crippen LogP contribution is 2.05. The maximum Gasteiger partial charge on any atom is 0.354 e. The van der Waals surface area contributed by atoms with Gasteiger partial charge in [0.25, 0.3) is 0 Å². The Kier molecular flexibility index (Phi) is 5.46. The predicted octanol–water partition coefficient (Wildman–Crippen LogP) is 2.66. The first-order chi connectivity index (χ1) is 10.3. The van der Waals surface area contributed by atoms with Gasteiger partial charge >= 0.3 is 5.97 Å². The Bertz CT molecular complexity index is 597. The van der Waals surface area contributed by atoms with Crippen molar-refractivity contribution in [3.63, 3.8) is 0 Å². The van der Waals surface area contributed by atoms with E-state index in [1.54, 1.807) is 19.2 Å². The average Bonchev–Trinajstić information content (AvgIpc) is 2.53. The molecule has 0 spiro atoms. The fourth-order valence-corrected chi connectivity index (χ4v) is 1.71.